The second-order valence-corrected chi connectivity index (χ2v) is 10.3. The number of hydrogen-bond acceptors (Lipinski definition) is 8. The number of carbonyl (C=O) groups is 5. The highest BCUT2D eigenvalue weighted by molar-refractivity contribution is 5.91. The van der Waals surface area contributed by atoms with Gasteiger partial charge in [-0.3, -0.25) is 14.4 Å². The monoisotopic (exact) mass is 598 g/mol. The number of amides is 4. The zero-order chi connectivity index (χ0) is 31.8. The Morgan fingerprint density at radius 3 is 2.30 bits per heavy atom. The van der Waals surface area contributed by atoms with Gasteiger partial charge in [0.1, 0.15) is 24.5 Å². The lowest BCUT2D eigenvalue weighted by molar-refractivity contribution is -0.137. The molecule has 0 aliphatic heterocycles. The number of nitrogens with one attached hydrogen (secondary N) is 3. The summed E-state index contributed by atoms with van der Waals surface area (Å²) in [7, 11) is 1.75. The van der Waals surface area contributed by atoms with E-state index in [0.717, 1.165) is 11.6 Å². The normalized spacial score (nSPS) is 13.1. The van der Waals surface area contributed by atoms with Crippen molar-refractivity contribution in [2.75, 3.05) is 6.61 Å². The number of nitrogens with two attached hydrogens (primary N) is 1. The first kappa shape index (κ1) is 34.5. The van der Waals surface area contributed by atoms with Gasteiger partial charge in [0.25, 0.3) is 0 Å². The quantitative estimate of drug-likeness (QED) is 0.156. The van der Waals surface area contributed by atoms with E-state index in [1.807, 2.05) is 44.2 Å². The fraction of sp³-hybridized carbons (Fsp3) is 0.467. The van der Waals surface area contributed by atoms with Gasteiger partial charge in [0.2, 0.25) is 17.7 Å². The topological polar surface area (TPSA) is 184 Å². The van der Waals surface area contributed by atoms with Crippen molar-refractivity contribution >= 4 is 29.8 Å². The molecule has 0 saturated carbocycles. The highest BCUT2D eigenvalue weighted by atomic mass is 16.5. The van der Waals surface area contributed by atoms with E-state index in [1.54, 1.807) is 30.9 Å². The van der Waals surface area contributed by atoms with E-state index in [4.69, 9.17) is 15.2 Å². The van der Waals surface area contributed by atoms with E-state index in [-0.39, 0.29) is 44.8 Å². The average Bonchev–Trinajstić information content (AvgIpc) is 3.36. The molecule has 5 N–H and O–H groups in total. The summed E-state index contributed by atoms with van der Waals surface area (Å²) < 4.78 is 11.9. The molecule has 13 heteroatoms. The van der Waals surface area contributed by atoms with Gasteiger partial charge in [-0.1, -0.05) is 50.3 Å². The molecule has 1 aromatic heterocycles. The molecule has 2 aromatic rings. The van der Waals surface area contributed by atoms with Crippen LogP contribution in [0.3, 0.4) is 0 Å². The predicted molar refractivity (Wildman–Crippen MR) is 158 cm³/mol. The molecule has 2 rings (SSSR count). The number of aromatic nitrogens is 2. The van der Waals surface area contributed by atoms with Gasteiger partial charge in [-0.05, 0) is 31.2 Å². The van der Waals surface area contributed by atoms with Crippen molar-refractivity contribution in [1.29, 1.82) is 0 Å². The van der Waals surface area contributed by atoms with Crippen LogP contribution in [0.1, 0.15) is 51.4 Å². The Hall–Kier alpha value is -4.68. The van der Waals surface area contributed by atoms with Crippen molar-refractivity contribution in [3.05, 3.63) is 66.3 Å². The number of ether oxygens (including phenoxy) is 2. The van der Waals surface area contributed by atoms with Gasteiger partial charge >= 0.3 is 12.1 Å². The van der Waals surface area contributed by atoms with Crippen LogP contribution in [0.2, 0.25) is 0 Å². The summed E-state index contributed by atoms with van der Waals surface area (Å²) in [5, 5.41) is 8.11. The summed E-state index contributed by atoms with van der Waals surface area (Å²) in [5.41, 5.74) is 6.08. The minimum Gasteiger partial charge on any atom is -0.463 e. The van der Waals surface area contributed by atoms with E-state index in [1.165, 1.54) is 6.08 Å². The second kappa shape index (κ2) is 18.0. The third-order valence-electron chi connectivity index (χ3n) is 6.25. The van der Waals surface area contributed by atoms with Gasteiger partial charge in [0.05, 0.1) is 6.61 Å². The van der Waals surface area contributed by atoms with Crippen LogP contribution in [0.15, 0.2) is 54.9 Å². The number of esters is 1. The lowest BCUT2D eigenvalue weighted by Crippen LogP contribution is -2.56. The summed E-state index contributed by atoms with van der Waals surface area (Å²) in [5.74, 6) is -1.82. The Balaban J connectivity index is 2.21. The number of benzene rings is 1. The molecule has 0 bridgehead atoms. The molecule has 0 aliphatic carbocycles. The van der Waals surface area contributed by atoms with Crippen LogP contribution in [0, 0.1) is 5.92 Å². The summed E-state index contributed by atoms with van der Waals surface area (Å²) in [4.78, 5) is 67.1. The van der Waals surface area contributed by atoms with Crippen molar-refractivity contribution in [2.45, 2.75) is 71.2 Å². The van der Waals surface area contributed by atoms with E-state index in [0.29, 0.717) is 5.82 Å². The molecule has 4 amide bonds. The molecule has 13 nitrogen and oxygen atoms in total. The van der Waals surface area contributed by atoms with Crippen LogP contribution < -0.4 is 21.7 Å². The molecular weight excluding hydrogens is 556 g/mol. The fourth-order valence-corrected chi connectivity index (χ4v) is 4.05. The van der Waals surface area contributed by atoms with Crippen LogP contribution in [0.4, 0.5) is 4.79 Å². The highest BCUT2D eigenvalue weighted by Crippen LogP contribution is 2.09. The molecule has 0 spiro atoms. The van der Waals surface area contributed by atoms with Gasteiger partial charge in [0.15, 0.2) is 0 Å². The number of imidazole rings is 1. The molecule has 1 heterocycles. The van der Waals surface area contributed by atoms with Crippen molar-refractivity contribution in [3.63, 3.8) is 0 Å². The van der Waals surface area contributed by atoms with Crippen molar-refractivity contribution < 1.29 is 33.4 Å². The molecule has 0 fully saturated rings. The maximum atomic E-state index is 13.5. The van der Waals surface area contributed by atoms with Crippen LogP contribution >= 0.6 is 0 Å². The molecule has 0 saturated heterocycles. The SMILES string of the molecule is CCOC(=O)/C=C/[C@H](CCC(N)=O)NC(=O)[C@H](Cc1nccn1C)NC(=O)[C@H](CC(C)C)NC(=O)OCc1ccccc1. The number of hydrogen-bond donors (Lipinski definition) is 4. The summed E-state index contributed by atoms with van der Waals surface area (Å²) in [6.07, 6.45) is 5.43. The molecule has 3 atom stereocenters. The first-order valence-corrected chi connectivity index (χ1v) is 14.2. The Kier molecular flexibility index (Phi) is 14.4. The first-order valence-electron chi connectivity index (χ1n) is 14.2. The number of carbonyl (C=O) groups excluding carboxylic acids is 5. The van der Waals surface area contributed by atoms with Crippen LogP contribution in [0.5, 0.6) is 0 Å². The van der Waals surface area contributed by atoms with E-state index < -0.39 is 47.9 Å². The molecule has 0 unspecified atom stereocenters. The average molecular weight is 599 g/mol. The Bertz CT molecular complexity index is 1240. The van der Waals surface area contributed by atoms with Crippen LogP contribution in [-0.4, -0.2) is 64.1 Å². The number of primary amides is 1. The van der Waals surface area contributed by atoms with Gasteiger partial charge in [-0.25, -0.2) is 14.6 Å². The summed E-state index contributed by atoms with van der Waals surface area (Å²) in [6, 6.07) is 6.25. The van der Waals surface area contributed by atoms with Crippen LogP contribution in [0.25, 0.3) is 0 Å². The second-order valence-electron chi connectivity index (χ2n) is 10.3. The van der Waals surface area contributed by atoms with Gasteiger partial charge in [-0.15, -0.1) is 0 Å². The van der Waals surface area contributed by atoms with Gasteiger partial charge in [-0.2, -0.15) is 0 Å². The van der Waals surface area contributed by atoms with E-state index in [9.17, 15) is 24.0 Å². The van der Waals surface area contributed by atoms with Gasteiger partial charge < -0.3 is 35.7 Å². The largest absolute Gasteiger partial charge is 0.463 e. The first-order chi connectivity index (χ1) is 20.5. The molecule has 0 aliphatic rings. The molecule has 1 aromatic carbocycles. The summed E-state index contributed by atoms with van der Waals surface area (Å²) >= 11 is 0. The molecule has 43 heavy (non-hydrogen) atoms. The highest BCUT2D eigenvalue weighted by Gasteiger charge is 2.29. The lowest BCUT2D eigenvalue weighted by atomic mass is 10.0. The van der Waals surface area contributed by atoms with Gasteiger partial charge in [0, 0.05) is 44.4 Å². The Morgan fingerprint density at radius 1 is 1.00 bits per heavy atom. The number of nitrogens with zero attached hydrogens (tertiary/aromatic N) is 2. The Labute approximate surface area is 251 Å². The van der Waals surface area contributed by atoms with E-state index in [2.05, 4.69) is 20.9 Å². The van der Waals surface area contributed by atoms with Crippen molar-refractivity contribution in [3.8, 4) is 0 Å². The van der Waals surface area contributed by atoms with Crippen LogP contribution in [-0.2, 0) is 48.7 Å². The zero-order valence-electron chi connectivity index (χ0n) is 25.1. The minimum atomic E-state index is -1.11. The molecule has 0 radical (unpaired) electrons. The third-order valence-corrected chi connectivity index (χ3v) is 6.25. The molecular formula is C30H42N6O7. The Morgan fingerprint density at radius 2 is 1.70 bits per heavy atom. The maximum Gasteiger partial charge on any atom is 0.408 e. The molecule has 234 valence electrons. The number of aryl methyl sites for hydroxylation is 1. The minimum absolute atomic E-state index is 0.0258. The smallest absolute Gasteiger partial charge is 0.408 e. The zero-order valence-corrected chi connectivity index (χ0v) is 25.1. The van der Waals surface area contributed by atoms with Crippen molar-refractivity contribution in [2.24, 2.45) is 18.7 Å². The maximum absolute atomic E-state index is 13.5. The number of alkyl carbamates (subject to hydrolysis) is 1. The van der Waals surface area contributed by atoms with E-state index >= 15 is 0 Å². The summed E-state index contributed by atoms with van der Waals surface area (Å²) in [6.45, 7) is 5.65. The lowest BCUT2D eigenvalue weighted by Gasteiger charge is -2.25. The fourth-order valence-electron chi connectivity index (χ4n) is 4.05. The predicted octanol–water partition coefficient (Wildman–Crippen LogP) is 1.66. The van der Waals surface area contributed by atoms with Crippen molar-refractivity contribution in [1.82, 2.24) is 25.5 Å². The third kappa shape index (κ3) is 13.2. The standard InChI is InChI=1S/C30H42N6O7/c1-5-42-27(38)14-12-22(11-13-25(31)37)33-28(39)24(18-26-32-15-16-36(26)4)34-29(40)23(17-20(2)3)35-30(41)43-19-21-9-7-6-8-10-21/h6-10,12,14-16,20,22-24H,5,11,13,17-19H2,1-4H3,(H2,31,37)(H,33,39)(H,34,40)(H,35,41)/b14-12+/t22-,23-,24-/m0/s1. The number of rotatable bonds is 17.